The number of halogens is 4. The van der Waals surface area contributed by atoms with Gasteiger partial charge in [0.15, 0.2) is 8.60 Å². The number of hydrogen-bond acceptors (Lipinski definition) is 2. The van der Waals surface area contributed by atoms with E-state index in [9.17, 15) is 17.6 Å². The first kappa shape index (κ1) is 11.2. The fourth-order valence-corrected chi connectivity index (χ4v) is 0.708. The molecule has 0 aliphatic carbocycles. The highest BCUT2D eigenvalue weighted by molar-refractivity contribution is 7.31. The predicted molar refractivity (Wildman–Crippen MR) is 36.0 cm³/mol. The maximum absolute atomic E-state index is 11.9. The van der Waals surface area contributed by atoms with E-state index >= 15 is 0 Å². The van der Waals surface area contributed by atoms with E-state index in [0.717, 1.165) is 0 Å². The maximum atomic E-state index is 11.9. The lowest BCUT2D eigenvalue weighted by Gasteiger charge is -2.12. The molecule has 1 atom stereocenters. The van der Waals surface area contributed by atoms with Crippen molar-refractivity contribution in [3.63, 3.8) is 0 Å². The molecule has 66 valence electrons. The molecule has 0 fully saturated rings. The van der Waals surface area contributed by atoms with Crippen LogP contribution < -0.4 is 0 Å². The normalized spacial score (nSPS) is 13.3. The van der Waals surface area contributed by atoms with Crippen LogP contribution in [0.15, 0.2) is 4.52 Å². The van der Waals surface area contributed by atoms with E-state index in [2.05, 4.69) is 9.04 Å². The second-order valence-corrected chi connectivity index (χ2v) is 2.88. The van der Waals surface area contributed by atoms with Crippen molar-refractivity contribution < 1.29 is 22.1 Å². The molecule has 0 saturated carbocycles. The second-order valence-electron chi connectivity index (χ2n) is 1.53. The fourth-order valence-electron chi connectivity index (χ4n) is 0.211. The molecule has 0 spiro atoms. The van der Waals surface area contributed by atoms with Crippen LogP contribution in [0.4, 0.5) is 17.6 Å². The van der Waals surface area contributed by atoms with Crippen molar-refractivity contribution in [1.82, 2.24) is 0 Å². The predicted octanol–water partition coefficient (Wildman–Crippen LogP) is 2.74. The summed E-state index contributed by atoms with van der Waals surface area (Å²) in [5, 5.41) is 0. The molecule has 0 aliphatic rings. The molecule has 0 N–H and O–H groups in total. The van der Waals surface area contributed by atoms with Gasteiger partial charge < -0.3 is 4.52 Å². The summed E-state index contributed by atoms with van der Waals surface area (Å²) in [5.74, 6) is -4.08. The summed E-state index contributed by atoms with van der Waals surface area (Å²) in [6.45, 7) is -1.32. The quantitative estimate of drug-likeness (QED) is 0.515. The van der Waals surface area contributed by atoms with Crippen molar-refractivity contribution in [2.45, 2.75) is 12.3 Å². The molecule has 0 radical (unpaired) electrons. The van der Waals surface area contributed by atoms with Crippen LogP contribution >= 0.6 is 18.0 Å². The zero-order chi connectivity index (χ0) is 8.91. The lowest BCUT2D eigenvalue weighted by molar-refractivity contribution is -0.146. The van der Waals surface area contributed by atoms with Gasteiger partial charge in [-0.25, -0.2) is 13.3 Å². The van der Waals surface area contributed by atoms with Crippen LogP contribution in [0.25, 0.3) is 0 Å². The van der Waals surface area contributed by atoms with Gasteiger partial charge in [-0.1, -0.05) is 0 Å². The van der Waals surface area contributed by atoms with Gasteiger partial charge in [0.25, 0.3) is 0 Å². The van der Waals surface area contributed by atoms with Gasteiger partial charge in [-0.3, -0.25) is 0 Å². The highest BCUT2D eigenvalue weighted by Crippen LogP contribution is 2.24. The molecule has 0 aromatic carbocycles. The largest absolute Gasteiger partial charge is 0.331 e. The van der Waals surface area contributed by atoms with Crippen LogP contribution in [0.2, 0.25) is 0 Å². The Hall–Kier alpha value is 0.210. The Bertz CT molecular complexity index is 141. The maximum Gasteiger partial charge on any atom is 0.331 e. The molecule has 0 bridgehead atoms. The highest BCUT2D eigenvalue weighted by atomic mass is 31.1. The van der Waals surface area contributed by atoms with Crippen LogP contribution in [0, 0.1) is 0 Å². The van der Waals surface area contributed by atoms with E-state index < -0.39 is 19.0 Å². The van der Waals surface area contributed by atoms with E-state index in [1.54, 1.807) is 0 Å². The van der Waals surface area contributed by atoms with Crippen LogP contribution in [-0.4, -0.2) is 19.0 Å². The van der Waals surface area contributed by atoms with Crippen molar-refractivity contribution in [1.29, 1.82) is 0 Å². The zero-order valence-electron chi connectivity index (χ0n) is 5.18. The first-order valence-corrected chi connectivity index (χ1v) is 3.67. The smallest absolute Gasteiger partial charge is 0.305 e. The highest BCUT2D eigenvalue weighted by Gasteiger charge is 2.41. The summed E-state index contributed by atoms with van der Waals surface area (Å²) in [6.07, 6.45) is -3.69. The van der Waals surface area contributed by atoms with Crippen molar-refractivity contribution >= 4 is 18.0 Å². The number of alkyl halides is 4. The molecule has 0 aromatic rings. The van der Waals surface area contributed by atoms with Crippen molar-refractivity contribution in [3.05, 3.63) is 0 Å². The van der Waals surface area contributed by atoms with E-state index in [0.29, 0.717) is 0 Å². The Morgan fingerprint density at radius 3 is 2.45 bits per heavy atom. The SMILES string of the molecule is FC(F)C(F)(F)COP=NP. The van der Waals surface area contributed by atoms with Crippen LogP contribution in [0.3, 0.4) is 0 Å². The molecule has 8 heteroatoms. The van der Waals surface area contributed by atoms with Gasteiger partial charge in [0.05, 0.1) is 0 Å². The fraction of sp³-hybridized carbons (Fsp3) is 1.00. The third kappa shape index (κ3) is 4.62. The Morgan fingerprint density at radius 2 is 2.09 bits per heavy atom. The summed E-state index contributed by atoms with van der Waals surface area (Å²) >= 11 is 0. The Labute approximate surface area is 64.5 Å². The van der Waals surface area contributed by atoms with Gasteiger partial charge in [-0.05, 0) is 9.39 Å². The Balaban J connectivity index is 3.73. The van der Waals surface area contributed by atoms with Gasteiger partial charge in [-0.15, -0.1) is 0 Å². The number of nitrogens with zero attached hydrogens (tertiary/aromatic N) is 1. The van der Waals surface area contributed by atoms with E-state index in [1.807, 2.05) is 9.39 Å². The minimum atomic E-state index is -4.08. The molecule has 0 amide bonds. The second kappa shape index (κ2) is 4.96. The van der Waals surface area contributed by atoms with Crippen molar-refractivity contribution in [2.75, 3.05) is 6.61 Å². The molecule has 0 aromatic heterocycles. The molecule has 1 unspecified atom stereocenters. The van der Waals surface area contributed by atoms with Gasteiger partial charge in [-0.2, -0.15) is 8.78 Å². The van der Waals surface area contributed by atoms with Gasteiger partial charge in [0, 0.05) is 0 Å². The summed E-state index contributed by atoms with van der Waals surface area (Å²) in [4.78, 5) is 0. The Morgan fingerprint density at radius 1 is 1.55 bits per heavy atom. The topological polar surface area (TPSA) is 21.6 Å². The number of rotatable bonds is 4. The van der Waals surface area contributed by atoms with E-state index in [4.69, 9.17) is 0 Å². The zero-order valence-corrected chi connectivity index (χ0v) is 7.23. The number of hydrogen-bond donors (Lipinski definition) is 0. The average molecular weight is 209 g/mol. The monoisotopic (exact) mass is 209 g/mol. The molecule has 11 heavy (non-hydrogen) atoms. The summed E-state index contributed by atoms with van der Waals surface area (Å²) < 4.78 is 53.9. The van der Waals surface area contributed by atoms with E-state index in [1.165, 1.54) is 0 Å². The van der Waals surface area contributed by atoms with E-state index in [-0.39, 0.29) is 8.60 Å². The summed E-state index contributed by atoms with van der Waals surface area (Å²) in [7, 11) is 1.74. The molecule has 0 heterocycles. The van der Waals surface area contributed by atoms with Crippen LogP contribution in [-0.2, 0) is 4.52 Å². The third-order valence-electron chi connectivity index (χ3n) is 0.681. The lowest BCUT2D eigenvalue weighted by atomic mass is 10.4. The van der Waals surface area contributed by atoms with Crippen molar-refractivity contribution in [3.8, 4) is 0 Å². The standard InChI is InChI=1S/C3H5F4NOP2/c4-2(5)3(6,7)1-9-11-8-10/h2H,1,10H2. The van der Waals surface area contributed by atoms with Crippen LogP contribution in [0.5, 0.6) is 0 Å². The molecule has 0 saturated heterocycles. The van der Waals surface area contributed by atoms with Gasteiger partial charge in [0.1, 0.15) is 6.61 Å². The van der Waals surface area contributed by atoms with Crippen LogP contribution in [0.1, 0.15) is 0 Å². The average Bonchev–Trinajstić information content (AvgIpc) is 1.88. The first-order valence-electron chi connectivity index (χ1n) is 2.39. The summed E-state index contributed by atoms with van der Waals surface area (Å²) in [5.41, 5.74) is 0. The third-order valence-corrected chi connectivity index (χ3v) is 1.30. The molecule has 2 nitrogen and oxygen atoms in total. The lowest BCUT2D eigenvalue weighted by Crippen LogP contribution is -2.30. The molecular formula is C3H5F4NOP2. The Kier molecular flexibility index (Phi) is 5.06. The molecule has 0 aliphatic heterocycles. The summed E-state index contributed by atoms with van der Waals surface area (Å²) in [6, 6.07) is 0. The first-order chi connectivity index (χ1) is 5.00. The molecule has 0 rings (SSSR count). The minimum Gasteiger partial charge on any atom is -0.305 e. The van der Waals surface area contributed by atoms with Gasteiger partial charge in [0.2, 0.25) is 0 Å². The minimum absolute atomic E-state index is 0.109. The van der Waals surface area contributed by atoms with Crippen molar-refractivity contribution in [2.24, 2.45) is 4.52 Å². The molecular weight excluding hydrogens is 204 g/mol. The van der Waals surface area contributed by atoms with Gasteiger partial charge >= 0.3 is 12.3 Å².